The number of hydrogen-bond donors (Lipinski definition) is 3. The summed E-state index contributed by atoms with van der Waals surface area (Å²) < 4.78 is 0. The van der Waals surface area contributed by atoms with Crippen LogP contribution in [-0.2, 0) is 11.2 Å². The van der Waals surface area contributed by atoms with Crippen molar-refractivity contribution in [3.8, 4) is 11.1 Å². The van der Waals surface area contributed by atoms with Crippen molar-refractivity contribution in [1.29, 1.82) is 0 Å². The van der Waals surface area contributed by atoms with E-state index >= 15 is 0 Å². The number of aromatic nitrogens is 2. The number of halogens is 2. The van der Waals surface area contributed by atoms with Crippen LogP contribution in [0, 0.1) is 0 Å². The highest BCUT2D eigenvalue weighted by atomic mass is 35.5. The van der Waals surface area contributed by atoms with Crippen LogP contribution in [0.1, 0.15) is 18.4 Å². The van der Waals surface area contributed by atoms with E-state index in [2.05, 4.69) is 20.8 Å². The second kappa shape index (κ2) is 11.2. The monoisotopic (exact) mass is 494 g/mol. The first-order chi connectivity index (χ1) is 16.5. The Labute approximate surface area is 207 Å². The number of amides is 1. The van der Waals surface area contributed by atoms with Gasteiger partial charge in [0.1, 0.15) is 0 Å². The lowest BCUT2D eigenvalue weighted by molar-refractivity contribution is -0.121. The van der Waals surface area contributed by atoms with Crippen molar-refractivity contribution in [3.63, 3.8) is 0 Å². The molecule has 1 heterocycles. The number of H-pyrrole nitrogens is 1. The summed E-state index contributed by atoms with van der Waals surface area (Å²) >= 11 is 12.1. The minimum atomic E-state index is -0.211. The van der Waals surface area contributed by atoms with Gasteiger partial charge in [0.15, 0.2) is 5.82 Å². The first kappa shape index (κ1) is 23.8. The van der Waals surface area contributed by atoms with E-state index in [-0.39, 0.29) is 11.5 Å². The highest BCUT2D eigenvalue weighted by Gasteiger charge is 2.07. The second-order valence-electron chi connectivity index (χ2n) is 7.90. The van der Waals surface area contributed by atoms with Crippen molar-refractivity contribution < 1.29 is 4.79 Å². The van der Waals surface area contributed by atoms with Crippen LogP contribution in [0.15, 0.2) is 71.5 Å². The van der Waals surface area contributed by atoms with Crippen LogP contribution in [0.3, 0.4) is 0 Å². The Morgan fingerprint density at radius 3 is 2.38 bits per heavy atom. The summed E-state index contributed by atoms with van der Waals surface area (Å²) in [5.41, 5.74) is 2.93. The third-order valence-corrected chi connectivity index (χ3v) is 6.25. The lowest BCUT2D eigenvalue weighted by Gasteiger charge is -2.09. The van der Waals surface area contributed by atoms with Crippen LogP contribution in [0.5, 0.6) is 0 Å². The average molecular weight is 495 g/mol. The lowest BCUT2D eigenvalue weighted by Crippen LogP contribution is -2.26. The summed E-state index contributed by atoms with van der Waals surface area (Å²) in [6.07, 6.45) is 1.82. The molecule has 0 spiro atoms. The number of aryl methyl sites for hydroxylation is 1. The van der Waals surface area contributed by atoms with Crippen LogP contribution in [0.4, 0.5) is 5.82 Å². The van der Waals surface area contributed by atoms with Crippen molar-refractivity contribution in [1.82, 2.24) is 15.5 Å². The minimum Gasteiger partial charge on any atom is -0.368 e. The maximum absolute atomic E-state index is 12.2. The van der Waals surface area contributed by atoms with Crippen molar-refractivity contribution in [2.24, 2.45) is 0 Å². The standard InChI is InChI=1S/C26H24Cl2N4O2/c27-22-12-11-19(16-23(22)28)18-9-6-17(7-10-18)8-13-24(33)29-14-3-15-30-25-20-4-1-2-5-21(20)26(34)32-31-25/h1-2,4-7,9-12,16H,3,8,13-15H2,(H,29,33)(H,30,31)(H,32,34). The first-order valence-electron chi connectivity index (χ1n) is 11.0. The van der Waals surface area contributed by atoms with Gasteiger partial charge >= 0.3 is 0 Å². The molecule has 0 bridgehead atoms. The Hall–Kier alpha value is -3.35. The van der Waals surface area contributed by atoms with E-state index < -0.39 is 0 Å². The molecule has 0 saturated heterocycles. The summed E-state index contributed by atoms with van der Waals surface area (Å²) in [7, 11) is 0. The molecule has 1 aromatic heterocycles. The van der Waals surface area contributed by atoms with Gasteiger partial charge in [0.2, 0.25) is 5.91 Å². The van der Waals surface area contributed by atoms with Gasteiger partial charge in [-0.25, -0.2) is 5.10 Å². The van der Waals surface area contributed by atoms with Crippen LogP contribution in [0.25, 0.3) is 21.9 Å². The van der Waals surface area contributed by atoms with Crippen molar-refractivity contribution in [2.45, 2.75) is 19.3 Å². The zero-order chi connectivity index (χ0) is 23.9. The summed E-state index contributed by atoms with van der Waals surface area (Å²) in [6, 6.07) is 21.0. The fourth-order valence-electron chi connectivity index (χ4n) is 3.66. The molecule has 0 saturated carbocycles. The molecule has 0 radical (unpaired) electrons. The second-order valence-corrected chi connectivity index (χ2v) is 8.72. The molecule has 34 heavy (non-hydrogen) atoms. The highest BCUT2D eigenvalue weighted by Crippen LogP contribution is 2.28. The van der Waals surface area contributed by atoms with Gasteiger partial charge in [0.25, 0.3) is 5.56 Å². The molecule has 8 heteroatoms. The van der Waals surface area contributed by atoms with Crippen molar-refractivity contribution >= 4 is 45.7 Å². The number of fused-ring (bicyclic) bond motifs is 1. The smallest absolute Gasteiger partial charge is 0.272 e. The Bertz CT molecular complexity index is 1350. The third kappa shape index (κ3) is 5.95. The zero-order valence-corrected chi connectivity index (χ0v) is 19.9. The van der Waals surface area contributed by atoms with Crippen LogP contribution < -0.4 is 16.2 Å². The van der Waals surface area contributed by atoms with E-state index in [0.29, 0.717) is 47.2 Å². The van der Waals surface area contributed by atoms with Crippen LogP contribution in [-0.4, -0.2) is 29.2 Å². The SMILES string of the molecule is O=C(CCc1ccc(-c2ccc(Cl)c(Cl)c2)cc1)NCCCNc1n[nH]c(=O)c2ccccc12. The number of aromatic amines is 1. The van der Waals surface area contributed by atoms with Crippen molar-refractivity contribution in [3.05, 3.63) is 92.7 Å². The molecule has 3 aromatic carbocycles. The maximum atomic E-state index is 12.2. The Kier molecular flexibility index (Phi) is 7.83. The van der Waals surface area contributed by atoms with E-state index in [1.54, 1.807) is 12.1 Å². The van der Waals surface area contributed by atoms with Gasteiger partial charge in [-0.05, 0) is 47.7 Å². The van der Waals surface area contributed by atoms with Gasteiger partial charge in [0, 0.05) is 24.9 Å². The minimum absolute atomic E-state index is 0.0150. The number of rotatable bonds is 9. The number of anilines is 1. The van der Waals surface area contributed by atoms with Gasteiger partial charge in [-0.1, -0.05) is 71.7 Å². The summed E-state index contributed by atoms with van der Waals surface area (Å²) in [6.45, 7) is 1.18. The van der Waals surface area contributed by atoms with E-state index in [4.69, 9.17) is 23.2 Å². The molecule has 0 atom stereocenters. The molecular formula is C26H24Cl2N4O2. The lowest BCUT2D eigenvalue weighted by atomic mass is 10.0. The molecule has 174 valence electrons. The fraction of sp³-hybridized carbons (Fsp3) is 0.192. The van der Waals surface area contributed by atoms with Gasteiger partial charge in [-0.3, -0.25) is 9.59 Å². The normalized spacial score (nSPS) is 10.9. The number of carbonyl (C=O) groups excluding carboxylic acids is 1. The van der Waals surface area contributed by atoms with E-state index in [1.165, 1.54) is 0 Å². The van der Waals surface area contributed by atoms with Gasteiger partial charge in [0.05, 0.1) is 15.4 Å². The fourth-order valence-corrected chi connectivity index (χ4v) is 3.96. The number of benzene rings is 3. The molecule has 6 nitrogen and oxygen atoms in total. The molecule has 4 rings (SSSR count). The molecular weight excluding hydrogens is 471 g/mol. The summed E-state index contributed by atoms with van der Waals surface area (Å²) in [4.78, 5) is 24.1. The van der Waals surface area contributed by atoms with Crippen molar-refractivity contribution in [2.75, 3.05) is 18.4 Å². The summed E-state index contributed by atoms with van der Waals surface area (Å²) in [5.74, 6) is 0.645. The van der Waals surface area contributed by atoms with Gasteiger partial charge in [-0.2, -0.15) is 5.10 Å². The quantitative estimate of drug-likeness (QED) is 0.270. The number of hydrogen-bond acceptors (Lipinski definition) is 4. The third-order valence-electron chi connectivity index (χ3n) is 5.51. The molecule has 1 amide bonds. The molecule has 0 unspecified atom stereocenters. The topological polar surface area (TPSA) is 86.9 Å². The Balaban J connectivity index is 1.19. The predicted molar refractivity (Wildman–Crippen MR) is 139 cm³/mol. The van der Waals surface area contributed by atoms with E-state index in [1.807, 2.05) is 54.6 Å². The molecule has 4 aromatic rings. The molecule has 0 aliphatic heterocycles. The molecule has 0 aliphatic rings. The van der Waals surface area contributed by atoms with E-state index in [9.17, 15) is 9.59 Å². The van der Waals surface area contributed by atoms with Crippen LogP contribution >= 0.6 is 23.2 Å². The largest absolute Gasteiger partial charge is 0.368 e. The van der Waals surface area contributed by atoms with Gasteiger partial charge in [-0.15, -0.1) is 0 Å². The number of nitrogens with one attached hydrogen (secondary N) is 3. The predicted octanol–water partition coefficient (Wildman–Crippen LogP) is 5.45. The molecule has 0 aliphatic carbocycles. The number of carbonyl (C=O) groups is 1. The summed E-state index contributed by atoms with van der Waals surface area (Å²) in [5, 5.41) is 15.2. The maximum Gasteiger partial charge on any atom is 0.272 e. The zero-order valence-electron chi connectivity index (χ0n) is 18.4. The molecule has 0 fully saturated rings. The van der Waals surface area contributed by atoms with Gasteiger partial charge < -0.3 is 10.6 Å². The Morgan fingerprint density at radius 2 is 1.62 bits per heavy atom. The Morgan fingerprint density at radius 1 is 0.882 bits per heavy atom. The first-order valence-corrected chi connectivity index (χ1v) is 11.8. The average Bonchev–Trinajstić information content (AvgIpc) is 2.86. The van der Waals surface area contributed by atoms with Crippen LogP contribution in [0.2, 0.25) is 10.0 Å². The molecule has 3 N–H and O–H groups in total. The number of nitrogens with zero attached hydrogens (tertiary/aromatic N) is 1. The van der Waals surface area contributed by atoms with E-state index in [0.717, 1.165) is 28.5 Å². The highest BCUT2D eigenvalue weighted by molar-refractivity contribution is 6.42.